The third-order valence-corrected chi connectivity index (χ3v) is 2.82. The predicted molar refractivity (Wildman–Crippen MR) is 75.8 cm³/mol. The van der Waals surface area contributed by atoms with E-state index >= 15 is 0 Å². The Kier molecular flexibility index (Phi) is 4.88. The first-order valence-electron chi connectivity index (χ1n) is 6.54. The van der Waals surface area contributed by atoms with Gasteiger partial charge in [0.05, 0.1) is 6.04 Å². The van der Waals surface area contributed by atoms with Crippen LogP contribution in [0.2, 0.25) is 0 Å². The van der Waals surface area contributed by atoms with Crippen molar-refractivity contribution in [3.8, 4) is 5.75 Å². The molecule has 5 nitrogen and oxygen atoms in total. The number of aromatic amines is 1. The van der Waals surface area contributed by atoms with Gasteiger partial charge in [0.2, 0.25) is 0 Å². The van der Waals surface area contributed by atoms with Crippen molar-refractivity contribution in [3.63, 3.8) is 0 Å². The molecule has 1 heterocycles. The van der Waals surface area contributed by atoms with Gasteiger partial charge in [-0.3, -0.25) is 9.59 Å². The number of rotatable bonds is 5. The summed E-state index contributed by atoms with van der Waals surface area (Å²) < 4.78 is 31.3. The molecule has 0 saturated heterocycles. The maximum Gasteiger partial charge on any atom is 0.260 e. The molecule has 22 heavy (non-hydrogen) atoms. The van der Waals surface area contributed by atoms with Crippen LogP contribution in [-0.2, 0) is 0 Å². The highest BCUT2D eigenvalue weighted by Crippen LogP contribution is 2.17. The van der Waals surface area contributed by atoms with Gasteiger partial charge in [0.1, 0.15) is 18.0 Å². The molecule has 0 spiro atoms. The highest BCUT2D eigenvalue weighted by Gasteiger charge is 2.14. The molecule has 0 saturated carbocycles. The largest absolute Gasteiger partial charge is 0.488 e. The zero-order valence-corrected chi connectivity index (χ0v) is 11.7. The van der Waals surface area contributed by atoms with Crippen LogP contribution in [0, 0.1) is 11.6 Å². The lowest BCUT2D eigenvalue weighted by molar-refractivity contribution is 0.0924. The molecule has 0 radical (unpaired) electrons. The van der Waals surface area contributed by atoms with E-state index < -0.39 is 29.1 Å². The van der Waals surface area contributed by atoms with Crippen molar-refractivity contribution < 1.29 is 18.3 Å². The first-order valence-corrected chi connectivity index (χ1v) is 6.54. The number of amides is 1. The normalized spacial score (nSPS) is 11.8. The molecule has 1 aromatic heterocycles. The number of H-pyrrole nitrogens is 1. The Morgan fingerprint density at radius 2 is 2.14 bits per heavy atom. The number of hydrogen-bond acceptors (Lipinski definition) is 3. The van der Waals surface area contributed by atoms with Gasteiger partial charge in [-0.05, 0) is 31.2 Å². The van der Waals surface area contributed by atoms with Crippen molar-refractivity contribution >= 4 is 5.91 Å². The van der Waals surface area contributed by atoms with E-state index in [1.807, 2.05) is 0 Å². The summed E-state index contributed by atoms with van der Waals surface area (Å²) in [4.78, 5) is 25.7. The van der Waals surface area contributed by atoms with Crippen LogP contribution in [0.4, 0.5) is 8.78 Å². The first-order chi connectivity index (χ1) is 10.5. The quantitative estimate of drug-likeness (QED) is 0.885. The number of carbonyl (C=O) groups is 1. The van der Waals surface area contributed by atoms with Crippen LogP contribution in [-0.4, -0.2) is 23.5 Å². The van der Waals surface area contributed by atoms with Crippen LogP contribution >= 0.6 is 0 Å². The predicted octanol–water partition coefficient (Wildman–Crippen LogP) is 1.85. The molecule has 1 amide bonds. The number of halogens is 2. The topological polar surface area (TPSA) is 71.2 Å². The molecular formula is C15H14F2N2O3. The molecule has 1 unspecified atom stereocenters. The van der Waals surface area contributed by atoms with Crippen LogP contribution in [0.15, 0.2) is 41.3 Å². The standard InChI is InChI=1S/C15H14F2N2O3/c1-9(8-22-13-5-4-10(16)7-12(13)17)19-15(21)11-3-2-6-18-14(11)20/h2-7,9H,8H2,1H3,(H,18,20)(H,19,21). The van der Waals surface area contributed by atoms with Crippen molar-refractivity contribution in [2.75, 3.05) is 6.61 Å². The second kappa shape index (κ2) is 6.84. The number of benzene rings is 1. The highest BCUT2D eigenvalue weighted by molar-refractivity contribution is 5.93. The minimum Gasteiger partial charge on any atom is -0.488 e. The maximum absolute atomic E-state index is 13.4. The summed E-state index contributed by atoms with van der Waals surface area (Å²) in [6.45, 7) is 1.61. The van der Waals surface area contributed by atoms with Crippen LogP contribution < -0.4 is 15.6 Å². The summed E-state index contributed by atoms with van der Waals surface area (Å²) in [6, 6.07) is 5.40. The third-order valence-electron chi connectivity index (χ3n) is 2.82. The molecule has 0 aliphatic heterocycles. The fraction of sp³-hybridized carbons (Fsp3) is 0.200. The maximum atomic E-state index is 13.4. The summed E-state index contributed by atoms with van der Waals surface area (Å²) in [6.07, 6.45) is 1.42. The number of carbonyl (C=O) groups excluding carboxylic acids is 1. The van der Waals surface area contributed by atoms with E-state index in [2.05, 4.69) is 10.3 Å². The van der Waals surface area contributed by atoms with Crippen molar-refractivity contribution in [2.45, 2.75) is 13.0 Å². The Morgan fingerprint density at radius 3 is 2.82 bits per heavy atom. The van der Waals surface area contributed by atoms with Crippen molar-refractivity contribution in [3.05, 3.63) is 64.1 Å². The Labute approximate surface area is 124 Å². The van der Waals surface area contributed by atoms with E-state index in [0.717, 1.165) is 6.07 Å². The fourth-order valence-electron chi connectivity index (χ4n) is 1.75. The van der Waals surface area contributed by atoms with Crippen LogP contribution in [0.25, 0.3) is 0 Å². The molecule has 0 fully saturated rings. The van der Waals surface area contributed by atoms with E-state index in [-0.39, 0.29) is 17.9 Å². The second-order valence-electron chi connectivity index (χ2n) is 4.67. The van der Waals surface area contributed by atoms with Gasteiger partial charge in [-0.2, -0.15) is 0 Å². The number of nitrogens with one attached hydrogen (secondary N) is 2. The second-order valence-corrected chi connectivity index (χ2v) is 4.67. The molecule has 2 aromatic rings. The summed E-state index contributed by atoms with van der Waals surface area (Å²) in [5, 5.41) is 2.56. The van der Waals surface area contributed by atoms with Crippen LogP contribution in [0.3, 0.4) is 0 Å². The summed E-state index contributed by atoms with van der Waals surface area (Å²) in [5.41, 5.74) is -0.528. The molecule has 2 N–H and O–H groups in total. The monoisotopic (exact) mass is 308 g/mol. The molecule has 1 atom stereocenters. The molecule has 116 valence electrons. The van der Waals surface area contributed by atoms with Crippen LogP contribution in [0.5, 0.6) is 5.75 Å². The van der Waals surface area contributed by atoms with Crippen molar-refractivity contribution in [2.24, 2.45) is 0 Å². The molecule has 0 bridgehead atoms. The van der Waals surface area contributed by atoms with E-state index in [1.165, 1.54) is 24.4 Å². The van der Waals surface area contributed by atoms with E-state index in [9.17, 15) is 18.4 Å². The van der Waals surface area contributed by atoms with Gasteiger partial charge in [-0.15, -0.1) is 0 Å². The number of hydrogen-bond donors (Lipinski definition) is 2. The smallest absolute Gasteiger partial charge is 0.260 e. The first kappa shape index (κ1) is 15.7. The fourth-order valence-corrected chi connectivity index (χ4v) is 1.75. The zero-order chi connectivity index (χ0) is 16.1. The number of pyridine rings is 1. The molecular weight excluding hydrogens is 294 g/mol. The van der Waals surface area contributed by atoms with Gasteiger partial charge < -0.3 is 15.0 Å². The van der Waals surface area contributed by atoms with Gasteiger partial charge in [0.25, 0.3) is 11.5 Å². The SMILES string of the molecule is CC(COc1ccc(F)cc1F)NC(=O)c1ccc[nH]c1=O. The van der Waals surface area contributed by atoms with Gasteiger partial charge in [-0.1, -0.05) is 0 Å². The molecule has 0 aliphatic rings. The lowest BCUT2D eigenvalue weighted by Gasteiger charge is -2.15. The minimum absolute atomic E-state index is 0.0256. The van der Waals surface area contributed by atoms with E-state index in [4.69, 9.17) is 4.74 Å². The minimum atomic E-state index is -0.821. The average molecular weight is 308 g/mol. The van der Waals surface area contributed by atoms with E-state index in [0.29, 0.717) is 6.07 Å². The number of ether oxygens (including phenoxy) is 1. The van der Waals surface area contributed by atoms with Crippen molar-refractivity contribution in [1.29, 1.82) is 0 Å². The Hall–Kier alpha value is -2.70. The summed E-state index contributed by atoms with van der Waals surface area (Å²) in [7, 11) is 0. The van der Waals surface area contributed by atoms with Gasteiger partial charge >= 0.3 is 0 Å². The Balaban J connectivity index is 1.93. The zero-order valence-electron chi connectivity index (χ0n) is 11.7. The lowest BCUT2D eigenvalue weighted by atomic mass is 10.2. The summed E-state index contributed by atoms with van der Waals surface area (Å²) >= 11 is 0. The molecule has 2 rings (SSSR count). The number of aromatic nitrogens is 1. The molecule has 0 aliphatic carbocycles. The van der Waals surface area contributed by atoms with Crippen LogP contribution in [0.1, 0.15) is 17.3 Å². The van der Waals surface area contributed by atoms with Gasteiger partial charge in [0.15, 0.2) is 11.6 Å². The van der Waals surface area contributed by atoms with Gasteiger partial charge in [-0.25, -0.2) is 8.78 Å². The molecule has 7 heteroatoms. The average Bonchev–Trinajstić information content (AvgIpc) is 2.46. The Morgan fingerprint density at radius 1 is 1.36 bits per heavy atom. The van der Waals surface area contributed by atoms with E-state index in [1.54, 1.807) is 6.92 Å². The molecule has 1 aromatic carbocycles. The lowest BCUT2D eigenvalue weighted by Crippen LogP contribution is -2.39. The van der Waals surface area contributed by atoms with Gasteiger partial charge in [0, 0.05) is 12.3 Å². The van der Waals surface area contributed by atoms with Crippen molar-refractivity contribution in [1.82, 2.24) is 10.3 Å². The summed E-state index contributed by atoms with van der Waals surface area (Å²) in [5.74, 6) is -2.19. The highest BCUT2D eigenvalue weighted by atomic mass is 19.1. The Bertz CT molecular complexity index is 731. The third kappa shape index (κ3) is 3.91.